The van der Waals surface area contributed by atoms with E-state index in [4.69, 9.17) is 26.2 Å². The Balaban J connectivity index is 1.74. The van der Waals surface area contributed by atoms with Crippen LogP contribution >= 0.6 is 11.6 Å². The van der Waals surface area contributed by atoms with Crippen LogP contribution in [0.3, 0.4) is 0 Å². The highest BCUT2D eigenvalue weighted by atomic mass is 35.5. The zero-order valence-electron chi connectivity index (χ0n) is 20.3. The largest absolute Gasteiger partial charge is 0.465 e. The number of hydrogen-bond acceptors (Lipinski definition) is 5. The first-order valence-electron chi connectivity index (χ1n) is 12.1. The number of hydrogen-bond donors (Lipinski definition) is 3. The van der Waals surface area contributed by atoms with Gasteiger partial charge in [-0.3, -0.25) is 9.80 Å². The lowest BCUT2D eigenvalue weighted by molar-refractivity contribution is 0.0476. The minimum atomic E-state index is -1.17. The van der Waals surface area contributed by atoms with Crippen molar-refractivity contribution in [2.24, 2.45) is 5.92 Å². The fourth-order valence-corrected chi connectivity index (χ4v) is 4.56. The Morgan fingerprint density at radius 2 is 2.11 bits per heavy atom. The minimum Gasteiger partial charge on any atom is -0.465 e. The van der Waals surface area contributed by atoms with Gasteiger partial charge in [0.2, 0.25) is 0 Å². The van der Waals surface area contributed by atoms with Crippen LogP contribution in [0.25, 0.3) is 0 Å². The van der Waals surface area contributed by atoms with E-state index in [9.17, 15) is 14.0 Å². The third-order valence-electron chi connectivity index (χ3n) is 6.05. The molecule has 2 atom stereocenters. The van der Waals surface area contributed by atoms with Gasteiger partial charge in [0, 0.05) is 43.9 Å². The minimum absolute atomic E-state index is 0.0385. The fraction of sp³-hybridized carbons (Fsp3) is 0.462. The number of nitrogens with zero attached hydrogens (tertiary/aromatic N) is 1. The third-order valence-corrected chi connectivity index (χ3v) is 6.27. The van der Waals surface area contributed by atoms with Gasteiger partial charge in [-0.15, -0.1) is 0 Å². The molecule has 8 nitrogen and oxygen atoms in total. The lowest BCUT2D eigenvalue weighted by atomic mass is 9.97. The highest BCUT2D eigenvalue weighted by molar-refractivity contribution is 6.30. The number of rotatable bonds is 12. The molecule has 2 amide bonds. The van der Waals surface area contributed by atoms with E-state index in [1.807, 2.05) is 0 Å². The van der Waals surface area contributed by atoms with Gasteiger partial charge in [-0.2, -0.15) is 0 Å². The summed E-state index contributed by atoms with van der Waals surface area (Å²) >= 11 is 6.07. The van der Waals surface area contributed by atoms with Crippen LogP contribution in [0.15, 0.2) is 42.5 Å². The molecule has 0 aliphatic carbocycles. The number of halogens is 2. The maximum absolute atomic E-state index is 14.1. The normalized spacial score (nSPS) is 16.4. The van der Waals surface area contributed by atoms with Crippen molar-refractivity contribution in [1.82, 2.24) is 15.8 Å². The van der Waals surface area contributed by atoms with Crippen molar-refractivity contribution in [3.05, 3.63) is 70.0 Å². The molecule has 196 valence electrons. The quantitative estimate of drug-likeness (QED) is 0.278. The molecule has 0 saturated carbocycles. The molecule has 3 N–H and O–H groups in total. The summed E-state index contributed by atoms with van der Waals surface area (Å²) in [5.74, 6) is -0.183. The van der Waals surface area contributed by atoms with Crippen LogP contribution in [-0.4, -0.2) is 62.1 Å². The van der Waals surface area contributed by atoms with Gasteiger partial charge >= 0.3 is 6.09 Å². The smallest absolute Gasteiger partial charge is 0.404 e. The molecule has 1 unspecified atom stereocenters. The number of ether oxygens (including phenoxy) is 2. The summed E-state index contributed by atoms with van der Waals surface area (Å²) in [6, 6.07) is 11.0. The van der Waals surface area contributed by atoms with E-state index >= 15 is 0 Å². The second kappa shape index (κ2) is 14.1. The number of carbonyl (C=O) groups is 2. The van der Waals surface area contributed by atoms with Gasteiger partial charge in [0.05, 0.1) is 6.61 Å². The Hall–Kier alpha value is -2.72. The number of nitrogens with one attached hydrogen (secondary N) is 2. The Morgan fingerprint density at radius 3 is 2.81 bits per heavy atom. The summed E-state index contributed by atoms with van der Waals surface area (Å²) in [5, 5.41) is 12.8. The highest BCUT2D eigenvalue weighted by Gasteiger charge is 2.21. The molecular weight excluding hydrogens is 489 g/mol. The summed E-state index contributed by atoms with van der Waals surface area (Å²) < 4.78 is 25.6. The zero-order chi connectivity index (χ0) is 25.9. The van der Waals surface area contributed by atoms with E-state index in [-0.39, 0.29) is 24.1 Å². The first-order chi connectivity index (χ1) is 17.4. The van der Waals surface area contributed by atoms with Gasteiger partial charge in [-0.05, 0) is 73.1 Å². The topological polar surface area (TPSA) is 100 Å². The Labute approximate surface area is 215 Å². The summed E-state index contributed by atoms with van der Waals surface area (Å²) in [7, 11) is 1.71. The lowest BCUT2D eigenvalue weighted by Gasteiger charge is -2.25. The van der Waals surface area contributed by atoms with E-state index in [0.717, 1.165) is 38.9 Å². The van der Waals surface area contributed by atoms with Gasteiger partial charge in [0.15, 0.2) is 0 Å². The Morgan fingerprint density at radius 1 is 1.28 bits per heavy atom. The molecule has 1 aliphatic heterocycles. The van der Waals surface area contributed by atoms with Crippen LogP contribution in [0.4, 0.5) is 9.18 Å². The predicted octanol–water partition coefficient (Wildman–Crippen LogP) is 4.64. The van der Waals surface area contributed by atoms with Crippen molar-refractivity contribution in [2.75, 3.05) is 40.0 Å². The number of carboxylic acid groups (broad SMARTS) is 1. The molecule has 0 spiro atoms. The average molecular weight is 522 g/mol. The number of amides is 2. The van der Waals surface area contributed by atoms with Crippen LogP contribution in [-0.2, 0) is 9.47 Å². The standard InChI is InChI=1S/C26H33ClFN3O5/c1-29-31(10-3-5-18-6-4-11-35-17-18)25(32)20-8-2-7-19(13-20)24(36-12-9-30-26(33)34)21-14-22(27)16-23(28)15-21/h2,7-8,13-16,18,24,29-30H,3-6,9-12,17H2,1H3,(H,33,34)/t18?,24-/m0/s1. The van der Waals surface area contributed by atoms with E-state index in [0.29, 0.717) is 29.2 Å². The molecule has 10 heteroatoms. The number of carbonyl (C=O) groups excluding carboxylic acids is 1. The molecule has 36 heavy (non-hydrogen) atoms. The van der Waals surface area contributed by atoms with Gasteiger partial charge in [0.1, 0.15) is 11.9 Å². The van der Waals surface area contributed by atoms with Crippen LogP contribution in [0, 0.1) is 11.7 Å². The summed E-state index contributed by atoms with van der Waals surface area (Å²) in [6.45, 7) is 2.25. The van der Waals surface area contributed by atoms with E-state index in [1.54, 1.807) is 42.4 Å². The first-order valence-corrected chi connectivity index (χ1v) is 12.5. The monoisotopic (exact) mass is 521 g/mol. The van der Waals surface area contributed by atoms with E-state index in [1.165, 1.54) is 12.1 Å². The van der Waals surface area contributed by atoms with Crippen LogP contribution < -0.4 is 10.7 Å². The molecule has 2 aromatic rings. The third kappa shape index (κ3) is 8.44. The maximum atomic E-state index is 14.1. The number of hydrazine groups is 1. The molecule has 0 aromatic heterocycles. The Kier molecular flexibility index (Phi) is 10.9. The van der Waals surface area contributed by atoms with E-state index < -0.39 is 18.0 Å². The molecule has 3 rings (SSSR count). The van der Waals surface area contributed by atoms with Crippen LogP contribution in [0.2, 0.25) is 5.02 Å². The van der Waals surface area contributed by atoms with Crippen molar-refractivity contribution in [1.29, 1.82) is 0 Å². The van der Waals surface area contributed by atoms with Crippen molar-refractivity contribution >= 4 is 23.6 Å². The molecule has 2 aromatic carbocycles. The van der Waals surface area contributed by atoms with Gasteiger partial charge in [0.25, 0.3) is 5.91 Å². The van der Waals surface area contributed by atoms with E-state index in [2.05, 4.69) is 10.7 Å². The molecular formula is C26H33ClFN3O5. The van der Waals surface area contributed by atoms with Crippen molar-refractivity contribution < 1.29 is 28.6 Å². The molecule has 0 radical (unpaired) electrons. The molecule has 0 bridgehead atoms. The van der Waals surface area contributed by atoms with Crippen molar-refractivity contribution in [2.45, 2.75) is 31.8 Å². The summed E-state index contributed by atoms with van der Waals surface area (Å²) in [6.07, 6.45) is 2.16. The molecule has 1 heterocycles. The predicted molar refractivity (Wildman–Crippen MR) is 135 cm³/mol. The SMILES string of the molecule is CNN(CCCC1CCCOC1)C(=O)c1cccc([C@H](OCCNC(=O)O)c2cc(F)cc(Cl)c2)c1. The zero-order valence-corrected chi connectivity index (χ0v) is 21.1. The molecule has 1 aliphatic rings. The van der Waals surface area contributed by atoms with Crippen LogP contribution in [0.1, 0.15) is 53.3 Å². The summed E-state index contributed by atoms with van der Waals surface area (Å²) in [5.41, 5.74) is 4.50. The first kappa shape index (κ1) is 27.9. The molecule has 1 saturated heterocycles. The van der Waals surface area contributed by atoms with Gasteiger partial charge in [-0.25, -0.2) is 14.6 Å². The maximum Gasteiger partial charge on any atom is 0.404 e. The fourth-order valence-electron chi connectivity index (χ4n) is 4.32. The van der Waals surface area contributed by atoms with Gasteiger partial charge < -0.3 is 19.9 Å². The van der Waals surface area contributed by atoms with Gasteiger partial charge in [-0.1, -0.05) is 23.7 Å². The average Bonchev–Trinajstić information content (AvgIpc) is 2.86. The Bertz CT molecular complexity index is 999. The van der Waals surface area contributed by atoms with Crippen molar-refractivity contribution in [3.63, 3.8) is 0 Å². The second-order valence-corrected chi connectivity index (χ2v) is 9.15. The second-order valence-electron chi connectivity index (χ2n) is 8.72. The summed E-state index contributed by atoms with van der Waals surface area (Å²) in [4.78, 5) is 24.0. The highest BCUT2D eigenvalue weighted by Crippen LogP contribution is 2.30. The number of benzene rings is 2. The van der Waals surface area contributed by atoms with Crippen LogP contribution in [0.5, 0.6) is 0 Å². The van der Waals surface area contributed by atoms with Crippen molar-refractivity contribution in [3.8, 4) is 0 Å². The lowest BCUT2D eigenvalue weighted by Crippen LogP contribution is -2.41. The molecule has 1 fully saturated rings.